The molecule has 2 nitrogen and oxygen atoms in total. The minimum Gasteiger partial charge on any atom is -0.508 e. The summed E-state index contributed by atoms with van der Waals surface area (Å²) in [5, 5.41) is 9.57. The average Bonchev–Trinajstić information content (AvgIpc) is 2.41. The molecule has 21 heavy (non-hydrogen) atoms. The lowest BCUT2D eigenvalue weighted by atomic mass is 10.1. The molecule has 0 saturated heterocycles. The standard InChI is InChI=1S/C15H12BrF3O2/c16-12-7-5-10(6-8-12)14(15(17,18)19)21-9-11-3-1-2-4-13(11)20/h1-8,14,20H,9H2. The highest BCUT2D eigenvalue weighted by Crippen LogP contribution is 2.37. The van der Waals surface area contributed by atoms with E-state index >= 15 is 0 Å². The predicted molar refractivity (Wildman–Crippen MR) is 75.8 cm³/mol. The smallest absolute Gasteiger partial charge is 0.418 e. The first kappa shape index (κ1) is 15.9. The molecule has 2 aromatic carbocycles. The molecule has 0 heterocycles. The highest BCUT2D eigenvalue weighted by atomic mass is 79.9. The molecule has 0 spiro atoms. The number of hydrogen-bond donors (Lipinski definition) is 1. The van der Waals surface area contributed by atoms with Crippen LogP contribution in [0.25, 0.3) is 0 Å². The Morgan fingerprint density at radius 3 is 2.24 bits per heavy atom. The molecular weight excluding hydrogens is 349 g/mol. The van der Waals surface area contributed by atoms with E-state index < -0.39 is 12.3 Å². The van der Waals surface area contributed by atoms with Gasteiger partial charge in [0.15, 0.2) is 6.10 Å². The van der Waals surface area contributed by atoms with E-state index in [1.165, 1.54) is 36.4 Å². The third-order valence-electron chi connectivity index (χ3n) is 2.87. The van der Waals surface area contributed by atoms with Crippen molar-refractivity contribution in [2.45, 2.75) is 18.9 Å². The Hall–Kier alpha value is -1.53. The van der Waals surface area contributed by atoms with Crippen molar-refractivity contribution in [3.05, 3.63) is 64.1 Å². The van der Waals surface area contributed by atoms with Crippen LogP contribution in [0.2, 0.25) is 0 Å². The summed E-state index contributed by atoms with van der Waals surface area (Å²) in [6.07, 6.45) is -6.57. The Morgan fingerprint density at radius 1 is 1.05 bits per heavy atom. The van der Waals surface area contributed by atoms with Crippen LogP contribution >= 0.6 is 15.9 Å². The molecule has 1 unspecified atom stereocenters. The number of hydrogen-bond acceptors (Lipinski definition) is 2. The lowest BCUT2D eigenvalue weighted by Crippen LogP contribution is -2.23. The zero-order valence-corrected chi connectivity index (χ0v) is 12.4. The van der Waals surface area contributed by atoms with Gasteiger partial charge in [-0.25, -0.2) is 0 Å². The highest BCUT2D eigenvalue weighted by molar-refractivity contribution is 9.10. The fourth-order valence-corrected chi connectivity index (χ4v) is 2.09. The lowest BCUT2D eigenvalue weighted by Gasteiger charge is -2.21. The zero-order chi connectivity index (χ0) is 15.5. The molecule has 0 aliphatic rings. The van der Waals surface area contributed by atoms with E-state index in [-0.39, 0.29) is 17.9 Å². The SMILES string of the molecule is Oc1ccccc1COC(c1ccc(Br)cc1)C(F)(F)F. The van der Waals surface area contributed by atoms with Crippen molar-refractivity contribution in [3.63, 3.8) is 0 Å². The average molecular weight is 361 g/mol. The van der Waals surface area contributed by atoms with Gasteiger partial charge in [0.1, 0.15) is 5.75 Å². The number of halogens is 4. The van der Waals surface area contributed by atoms with Crippen LogP contribution in [0.1, 0.15) is 17.2 Å². The Kier molecular flexibility index (Phi) is 4.90. The van der Waals surface area contributed by atoms with Crippen molar-refractivity contribution in [1.29, 1.82) is 0 Å². The molecule has 1 N–H and O–H groups in total. The van der Waals surface area contributed by atoms with Crippen molar-refractivity contribution >= 4 is 15.9 Å². The minimum absolute atomic E-state index is 0.0149. The first-order chi connectivity index (χ1) is 9.88. The number of rotatable bonds is 4. The number of alkyl halides is 3. The quantitative estimate of drug-likeness (QED) is 0.833. The van der Waals surface area contributed by atoms with Crippen LogP contribution in [0.4, 0.5) is 13.2 Å². The van der Waals surface area contributed by atoms with Crippen LogP contribution in [-0.4, -0.2) is 11.3 Å². The van der Waals surface area contributed by atoms with E-state index in [0.717, 1.165) is 0 Å². The summed E-state index contributed by atoms with van der Waals surface area (Å²) in [5.74, 6) is -0.0887. The first-order valence-corrected chi connectivity index (χ1v) is 6.88. The van der Waals surface area contributed by atoms with Gasteiger partial charge in [0.2, 0.25) is 0 Å². The minimum atomic E-state index is -4.53. The summed E-state index contributed by atoms with van der Waals surface area (Å²) in [6.45, 7) is -0.326. The molecule has 6 heteroatoms. The molecule has 0 bridgehead atoms. The summed E-state index contributed by atoms with van der Waals surface area (Å²) in [6, 6.07) is 11.9. The maximum Gasteiger partial charge on any atom is 0.418 e. The third-order valence-corrected chi connectivity index (χ3v) is 3.40. The number of ether oxygens (including phenoxy) is 1. The Balaban J connectivity index is 2.18. The second kappa shape index (κ2) is 6.49. The van der Waals surface area contributed by atoms with Crippen LogP contribution in [-0.2, 0) is 11.3 Å². The van der Waals surface area contributed by atoms with Crippen molar-refractivity contribution in [2.24, 2.45) is 0 Å². The van der Waals surface area contributed by atoms with Gasteiger partial charge in [-0.2, -0.15) is 13.2 Å². The number of aromatic hydroxyl groups is 1. The predicted octanol–water partition coefficient (Wildman–Crippen LogP) is 4.97. The molecule has 2 aromatic rings. The molecule has 112 valence electrons. The molecule has 0 aliphatic carbocycles. The maximum absolute atomic E-state index is 13.1. The number of phenolic OH excluding ortho intramolecular Hbond substituents is 1. The molecule has 1 atom stereocenters. The van der Waals surface area contributed by atoms with E-state index in [1.807, 2.05) is 0 Å². The van der Waals surface area contributed by atoms with Crippen LogP contribution in [0.3, 0.4) is 0 Å². The van der Waals surface area contributed by atoms with E-state index in [9.17, 15) is 18.3 Å². The van der Waals surface area contributed by atoms with Gasteiger partial charge in [-0.3, -0.25) is 0 Å². The summed E-state index contributed by atoms with van der Waals surface area (Å²) in [5.41, 5.74) is 0.324. The van der Waals surface area contributed by atoms with E-state index in [2.05, 4.69) is 15.9 Å². The fraction of sp³-hybridized carbons (Fsp3) is 0.200. The largest absolute Gasteiger partial charge is 0.508 e. The van der Waals surface area contributed by atoms with Gasteiger partial charge in [0, 0.05) is 10.0 Å². The molecule has 2 rings (SSSR count). The van der Waals surface area contributed by atoms with Gasteiger partial charge in [-0.15, -0.1) is 0 Å². The van der Waals surface area contributed by atoms with Crippen molar-refractivity contribution < 1.29 is 23.0 Å². The second-order valence-corrected chi connectivity index (χ2v) is 5.33. The van der Waals surface area contributed by atoms with E-state index in [0.29, 0.717) is 10.0 Å². The summed E-state index contributed by atoms with van der Waals surface area (Å²) >= 11 is 3.18. The molecule has 0 saturated carbocycles. The van der Waals surface area contributed by atoms with Gasteiger partial charge in [-0.1, -0.05) is 46.3 Å². The van der Waals surface area contributed by atoms with Gasteiger partial charge in [0.25, 0.3) is 0 Å². The molecule has 0 amide bonds. The first-order valence-electron chi connectivity index (χ1n) is 6.08. The van der Waals surface area contributed by atoms with Crippen molar-refractivity contribution in [2.75, 3.05) is 0 Å². The monoisotopic (exact) mass is 360 g/mol. The van der Waals surface area contributed by atoms with Crippen molar-refractivity contribution in [3.8, 4) is 5.75 Å². The Bertz CT molecular complexity index is 597. The zero-order valence-electron chi connectivity index (χ0n) is 10.8. The Labute approximate surface area is 128 Å². The second-order valence-electron chi connectivity index (χ2n) is 4.41. The van der Waals surface area contributed by atoms with Gasteiger partial charge < -0.3 is 9.84 Å². The van der Waals surface area contributed by atoms with E-state index in [4.69, 9.17) is 4.74 Å². The van der Waals surface area contributed by atoms with Crippen LogP contribution < -0.4 is 0 Å². The fourth-order valence-electron chi connectivity index (χ4n) is 1.82. The molecule has 0 radical (unpaired) electrons. The number of para-hydroxylation sites is 1. The summed E-state index contributed by atoms with van der Waals surface area (Å²) in [4.78, 5) is 0. The van der Waals surface area contributed by atoms with Crippen LogP contribution in [0, 0.1) is 0 Å². The van der Waals surface area contributed by atoms with Crippen LogP contribution in [0.15, 0.2) is 53.0 Å². The number of benzene rings is 2. The molecule has 0 aromatic heterocycles. The number of phenols is 1. The summed E-state index contributed by atoms with van der Waals surface area (Å²) < 4.78 is 45.0. The highest BCUT2D eigenvalue weighted by Gasteiger charge is 2.41. The van der Waals surface area contributed by atoms with Crippen molar-refractivity contribution in [1.82, 2.24) is 0 Å². The van der Waals surface area contributed by atoms with Gasteiger partial charge >= 0.3 is 6.18 Å². The van der Waals surface area contributed by atoms with Crippen LogP contribution in [0.5, 0.6) is 5.75 Å². The maximum atomic E-state index is 13.1. The lowest BCUT2D eigenvalue weighted by molar-refractivity contribution is -0.227. The third kappa shape index (κ3) is 4.22. The molecule has 0 aliphatic heterocycles. The normalized spacial score (nSPS) is 13.1. The topological polar surface area (TPSA) is 29.5 Å². The Morgan fingerprint density at radius 2 is 1.67 bits per heavy atom. The van der Waals surface area contributed by atoms with E-state index in [1.54, 1.807) is 12.1 Å². The molecular formula is C15H12BrF3O2. The van der Waals surface area contributed by atoms with Gasteiger partial charge in [0.05, 0.1) is 6.61 Å². The summed E-state index contributed by atoms with van der Waals surface area (Å²) in [7, 11) is 0. The molecule has 0 fully saturated rings. The van der Waals surface area contributed by atoms with Gasteiger partial charge in [-0.05, 0) is 23.8 Å².